The molecule has 0 unspecified atom stereocenters. The van der Waals surface area contributed by atoms with Gasteiger partial charge in [-0.3, -0.25) is 4.79 Å². The summed E-state index contributed by atoms with van der Waals surface area (Å²) in [6, 6.07) is -2.11. The van der Waals surface area contributed by atoms with E-state index in [1.54, 1.807) is 6.92 Å². The van der Waals surface area contributed by atoms with E-state index in [1.165, 1.54) is 4.90 Å². The van der Waals surface area contributed by atoms with Crippen molar-refractivity contribution >= 4 is 18.0 Å². The number of aliphatic carboxylic acids is 2. The summed E-state index contributed by atoms with van der Waals surface area (Å²) in [5.41, 5.74) is 0. The van der Waals surface area contributed by atoms with Crippen LogP contribution in [-0.4, -0.2) is 63.9 Å². The third-order valence-electron chi connectivity index (χ3n) is 2.23. The Kier molecular flexibility index (Phi) is 7.45. The van der Waals surface area contributed by atoms with Crippen LogP contribution in [0.5, 0.6) is 0 Å². The molecule has 0 aromatic heterocycles. The summed E-state index contributed by atoms with van der Waals surface area (Å²) >= 11 is 0. The van der Waals surface area contributed by atoms with Crippen molar-refractivity contribution in [2.75, 3.05) is 19.7 Å². The third-order valence-corrected chi connectivity index (χ3v) is 2.23. The molecule has 8 nitrogen and oxygen atoms in total. The SMILES string of the molecule is CCN(CCCO)C(=O)N[C@@H](CC(=O)O)C(=O)O. The number of carboxylic acid groups (broad SMARTS) is 2. The normalized spacial score (nSPS) is 11.7. The molecule has 0 radical (unpaired) electrons. The minimum Gasteiger partial charge on any atom is -0.481 e. The number of nitrogens with one attached hydrogen (secondary N) is 1. The second kappa shape index (κ2) is 8.29. The first-order valence-corrected chi connectivity index (χ1v) is 5.53. The van der Waals surface area contributed by atoms with Crippen molar-refractivity contribution in [2.24, 2.45) is 0 Å². The Balaban J connectivity index is 4.46. The standard InChI is InChI=1S/C10H18N2O6/c1-2-12(4-3-5-13)10(18)11-7(9(16)17)6-8(14)15/h7,13H,2-6H2,1H3,(H,11,18)(H,14,15)(H,16,17)/t7-/m0/s1. The predicted octanol–water partition coefficient (Wildman–Crippen LogP) is -0.672. The number of nitrogens with zero attached hydrogens (tertiary/aromatic N) is 1. The highest BCUT2D eigenvalue weighted by molar-refractivity contribution is 5.86. The third kappa shape index (κ3) is 6.04. The van der Waals surface area contributed by atoms with Gasteiger partial charge in [-0.1, -0.05) is 0 Å². The van der Waals surface area contributed by atoms with E-state index in [-0.39, 0.29) is 13.2 Å². The number of carboxylic acids is 2. The summed E-state index contributed by atoms with van der Waals surface area (Å²) in [6.45, 7) is 2.23. The molecule has 0 saturated heterocycles. The number of carbonyl (C=O) groups excluding carboxylic acids is 1. The lowest BCUT2D eigenvalue weighted by Crippen LogP contribution is -2.49. The molecule has 0 rings (SSSR count). The Morgan fingerprint density at radius 3 is 2.28 bits per heavy atom. The fraction of sp³-hybridized carbons (Fsp3) is 0.700. The van der Waals surface area contributed by atoms with E-state index in [0.29, 0.717) is 13.0 Å². The molecule has 104 valence electrons. The minimum atomic E-state index is -1.46. The molecule has 18 heavy (non-hydrogen) atoms. The summed E-state index contributed by atoms with van der Waals surface area (Å²) < 4.78 is 0. The lowest BCUT2D eigenvalue weighted by Gasteiger charge is -2.23. The maximum Gasteiger partial charge on any atom is 0.326 e. The molecule has 8 heteroatoms. The first-order chi connectivity index (χ1) is 8.42. The van der Waals surface area contributed by atoms with Crippen molar-refractivity contribution in [3.8, 4) is 0 Å². The topological polar surface area (TPSA) is 127 Å². The largest absolute Gasteiger partial charge is 0.481 e. The van der Waals surface area contributed by atoms with E-state index < -0.39 is 30.4 Å². The average Bonchev–Trinajstić information content (AvgIpc) is 2.28. The number of aliphatic hydroxyl groups excluding tert-OH is 1. The highest BCUT2D eigenvalue weighted by atomic mass is 16.4. The van der Waals surface area contributed by atoms with Gasteiger partial charge in [-0.05, 0) is 13.3 Å². The first kappa shape index (κ1) is 16.2. The predicted molar refractivity (Wildman–Crippen MR) is 61.2 cm³/mol. The molecule has 0 aliphatic heterocycles. The van der Waals surface area contributed by atoms with Gasteiger partial charge < -0.3 is 25.5 Å². The highest BCUT2D eigenvalue weighted by Gasteiger charge is 2.24. The van der Waals surface area contributed by atoms with Gasteiger partial charge in [0.1, 0.15) is 6.04 Å². The van der Waals surface area contributed by atoms with Crippen molar-refractivity contribution in [3.05, 3.63) is 0 Å². The van der Waals surface area contributed by atoms with Crippen molar-refractivity contribution in [1.29, 1.82) is 0 Å². The van der Waals surface area contributed by atoms with Gasteiger partial charge in [0.2, 0.25) is 0 Å². The second-order valence-corrected chi connectivity index (χ2v) is 3.60. The number of amides is 2. The van der Waals surface area contributed by atoms with Crippen LogP contribution in [-0.2, 0) is 9.59 Å². The van der Waals surface area contributed by atoms with Crippen LogP contribution in [0.25, 0.3) is 0 Å². The lowest BCUT2D eigenvalue weighted by atomic mass is 10.2. The zero-order valence-electron chi connectivity index (χ0n) is 10.1. The van der Waals surface area contributed by atoms with Crippen LogP contribution < -0.4 is 5.32 Å². The van der Waals surface area contributed by atoms with Crippen molar-refractivity contribution in [2.45, 2.75) is 25.8 Å². The smallest absolute Gasteiger partial charge is 0.326 e. The fourth-order valence-corrected chi connectivity index (χ4v) is 1.28. The Morgan fingerprint density at radius 2 is 1.89 bits per heavy atom. The molecule has 4 N–H and O–H groups in total. The quantitative estimate of drug-likeness (QED) is 0.459. The van der Waals surface area contributed by atoms with Gasteiger partial charge in [0.25, 0.3) is 0 Å². The van der Waals surface area contributed by atoms with Gasteiger partial charge in [0.15, 0.2) is 0 Å². The van der Waals surface area contributed by atoms with Gasteiger partial charge in [-0.25, -0.2) is 9.59 Å². The zero-order valence-corrected chi connectivity index (χ0v) is 10.1. The maximum atomic E-state index is 11.7. The van der Waals surface area contributed by atoms with E-state index in [4.69, 9.17) is 15.3 Å². The molecule has 0 spiro atoms. The van der Waals surface area contributed by atoms with Gasteiger partial charge >= 0.3 is 18.0 Å². The maximum absolute atomic E-state index is 11.7. The molecule has 0 aromatic carbocycles. The lowest BCUT2D eigenvalue weighted by molar-refractivity contribution is -0.145. The first-order valence-electron chi connectivity index (χ1n) is 5.53. The Bertz CT molecular complexity index is 307. The van der Waals surface area contributed by atoms with Crippen LogP contribution in [0.2, 0.25) is 0 Å². The molecule has 0 fully saturated rings. The summed E-state index contributed by atoms with van der Waals surface area (Å²) in [7, 11) is 0. The summed E-state index contributed by atoms with van der Waals surface area (Å²) in [6.07, 6.45) is -0.309. The summed E-state index contributed by atoms with van der Waals surface area (Å²) in [4.78, 5) is 34.2. The van der Waals surface area contributed by atoms with E-state index in [0.717, 1.165) is 0 Å². The molecule has 1 atom stereocenters. The highest BCUT2D eigenvalue weighted by Crippen LogP contribution is 1.98. The van der Waals surface area contributed by atoms with Crippen LogP contribution in [0.3, 0.4) is 0 Å². The molecule has 2 amide bonds. The average molecular weight is 262 g/mol. The number of hydrogen-bond acceptors (Lipinski definition) is 4. The second-order valence-electron chi connectivity index (χ2n) is 3.60. The Hall–Kier alpha value is -1.83. The number of urea groups is 1. The minimum absolute atomic E-state index is 0.0821. The molecule has 0 heterocycles. The summed E-state index contributed by atoms with van der Waals surface area (Å²) in [5, 5.41) is 28.1. The molecular formula is C10H18N2O6. The van der Waals surface area contributed by atoms with Crippen LogP contribution in [0.4, 0.5) is 4.79 Å². The Labute approximate surface area is 104 Å². The molecule has 0 saturated carbocycles. The van der Waals surface area contributed by atoms with E-state index in [9.17, 15) is 14.4 Å². The number of aliphatic hydroxyl groups is 1. The van der Waals surface area contributed by atoms with Crippen LogP contribution >= 0.6 is 0 Å². The monoisotopic (exact) mass is 262 g/mol. The fourth-order valence-electron chi connectivity index (χ4n) is 1.28. The van der Waals surface area contributed by atoms with Gasteiger partial charge in [-0.2, -0.15) is 0 Å². The van der Waals surface area contributed by atoms with Crippen LogP contribution in [0, 0.1) is 0 Å². The van der Waals surface area contributed by atoms with Crippen LogP contribution in [0.1, 0.15) is 19.8 Å². The number of rotatable bonds is 8. The Morgan fingerprint density at radius 1 is 1.28 bits per heavy atom. The van der Waals surface area contributed by atoms with Crippen molar-refractivity contribution in [1.82, 2.24) is 10.2 Å². The van der Waals surface area contributed by atoms with Crippen molar-refractivity contribution in [3.63, 3.8) is 0 Å². The molecule has 0 aliphatic carbocycles. The van der Waals surface area contributed by atoms with Gasteiger partial charge in [0, 0.05) is 19.7 Å². The molecular weight excluding hydrogens is 244 g/mol. The van der Waals surface area contributed by atoms with Crippen LogP contribution in [0.15, 0.2) is 0 Å². The number of carbonyl (C=O) groups is 3. The zero-order chi connectivity index (χ0) is 14.1. The number of hydrogen-bond donors (Lipinski definition) is 4. The van der Waals surface area contributed by atoms with E-state index in [1.807, 2.05) is 0 Å². The molecule has 0 bridgehead atoms. The van der Waals surface area contributed by atoms with Gasteiger partial charge in [-0.15, -0.1) is 0 Å². The van der Waals surface area contributed by atoms with Gasteiger partial charge in [0.05, 0.1) is 6.42 Å². The van der Waals surface area contributed by atoms with Crippen molar-refractivity contribution < 1.29 is 29.7 Å². The molecule has 0 aliphatic rings. The van der Waals surface area contributed by atoms with E-state index >= 15 is 0 Å². The summed E-state index contributed by atoms with van der Waals surface area (Å²) in [5.74, 6) is -2.70. The van der Waals surface area contributed by atoms with E-state index in [2.05, 4.69) is 5.32 Å². The molecule has 0 aromatic rings.